The van der Waals surface area contributed by atoms with Crippen molar-refractivity contribution in [1.29, 1.82) is 0 Å². The minimum absolute atomic E-state index is 0.0565. The number of nitro groups is 1. The molecule has 0 atom stereocenters. The zero-order valence-corrected chi connectivity index (χ0v) is 14.4. The van der Waals surface area contributed by atoms with Crippen molar-refractivity contribution in [3.05, 3.63) is 69.9 Å². The summed E-state index contributed by atoms with van der Waals surface area (Å²) in [6.07, 6.45) is 1.74. The first-order chi connectivity index (χ1) is 11.6. The third-order valence-electron chi connectivity index (χ3n) is 3.44. The molecule has 24 heavy (non-hydrogen) atoms. The lowest BCUT2D eigenvalue weighted by molar-refractivity contribution is -0.384. The lowest BCUT2D eigenvalue weighted by Crippen LogP contribution is -1.99. The first-order valence-corrected chi connectivity index (χ1v) is 8.68. The molecule has 0 saturated carbocycles. The molecule has 0 saturated heterocycles. The number of non-ortho nitro benzene ring substituents is 1. The normalized spacial score (nSPS) is 10.8. The van der Waals surface area contributed by atoms with Gasteiger partial charge >= 0.3 is 0 Å². The molecule has 0 fully saturated rings. The van der Waals surface area contributed by atoms with Crippen molar-refractivity contribution in [2.75, 3.05) is 5.75 Å². The molecule has 7 heteroatoms. The van der Waals surface area contributed by atoms with Crippen LogP contribution in [-0.4, -0.2) is 20.2 Å². The standard InChI is InChI=1S/C17H14ClN3O2S/c1-2-24-17-19-11-16(12-4-3-5-15(10-12)21(22)23)20(17)14-8-6-13(18)7-9-14/h3-11H,2H2,1H3. The van der Waals surface area contributed by atoms with Crippen LogP contribution in [0.5, 0.6) is 0 Å². The maximum Gasteiger partial charge on any atom is 0.270 e. The summed E-state index contributed by atoms with van der Waals surface area (Å²) < 4.78 is 1.99. The van der Waals surface area contributed by atoms with E-state index >= 15 is 0 Å². The number of thioether (sulfide) groups is 1. The van der Waals surface area contributed by atoms with Gasteiger partial charge in [-0.1, -0.05) is 42.4 Å². The molecule has 0 spiro atoms. The van der Waals surface area contributed by atoms with Crippen molar-refractivity contribution in [3.63, 3.8) is 0 Å². The molecular formula is C17H14ClN3O2S. The largest absolute Gasteiger partial charge is 0.287 e. The molecule has 122 valence electrons. The molecule has 0 unspecified atom stereocenters. The van der Waals surface area contributed by atoms with Crippen molar-refractivity contribution in [1.82, 2.24) is 9.55 Å². The molecule has 5 nitrogen and oxygen atoms in total. The van der Waals surface area contributed by atoms with Gasteiger partial charge in [-0.05, 0) is 30.0 Å². The Morgan fingerprint density at radius 2 is 2.00 bits per heavy atom. The Morgan fingerprint density at radius 3 is 2.67 bits per heavy atom. The fourth-order valence-electron chi connectivity index (χ4n) is 2.39. The van der Waals surface area contributed by atoms with E-state index in [0.29, 0.717) is 5.02 Å². The third kappa shape index (κ3) is 3.29. The summed E-state index contributed by atoms with van der Waals surface area (Å²) in [4.78, 5) is 15.1. The van der Waals surface area contributed by atoms with Gasteiger partial charge in [0.05, 0.1) is 16.8 Å². The molecule has 1 aromatic heterocycles. The average molecular weight is 360 g/mol. The van der Waals surface area contributed by atoms with Crippen LogP contribution in [0.4, 0.5) is 5.69 Å². The second kappa shape index (κ2) is 7.07. The Balaban J connectivity index is 2.16. The minimum Gasteiger partial charge on any atom is -0.287 e. The Morgan fingerprint density at radius 1 is 1.25 bits per heavy atom. The molecule has 3 rings (SSSR count). The predicted molar refractivity (Wildman–Crippen MR) is 97.1 cm³/mol. The van der Waals surface area contributed by atoms with E-state index < -0.39 is 4.92 Å². The molecule has 0 aliphatic heterocycles. The highest BCUT2D eigenvalue weighted by molar-refractivity contribution is 7.99. The van der Waals surface area contributed by atoms with Gasteiger partial charge < -0.3 is 0 Å². The lowest BCUT2D eigenvalue weighted by atomic mass is 10.1. The zero-order valence-electron chi connectivity index (χ0n) is 12.8. The van der Waals surface area contributed by atoms with Gasteiger partial charge in [-0.25, -0.2) is 4.98 Å². The summed E-state index contributed by atoms with van der Waals surface area (Å²) in [5.74, 6) is 0.874. The van der Waals surface area contributed by atoms with Crippen LogP contribution in [0.25, 0.3) is 16.9 Å². The number of benzene rings is 2. The summed E-state index contributed by atoms with van der Waals surface area (Å²) in [5, 5.41) is 12.5. The van der Waals surface area contributed by atoms with Crippen molar-refractivity contribution >= 4 is 29.1 Å². The molecule has 0 radical (unpaired) electrons. The van der Waals surface area contributed by atoms with Gasteiger partial charge in [0.15, 0.2) is 5.16 Å². The molecule has 0 aliphatic carbocycles. The maximum absolute atomic E-state index is 11.0. The molecule has 0 amide bonds. The van der Waals surface area contributed by atoms with Gasteiger partial charge in [-0.3, -0.25) is 14.7 Å². The number of aromatic nitrogens is 2. The van der Waals surface area contributed by atoms with Crippen LogP contribution < -0.4 is 0 Å². The van der Waals surface area contributed by atoms with Gasteiger partial charge in [0.1, 0.15) is 0 Å². The first-order valence-electron chi connectivity index (χ1n) is 7.31. The van der Waals surface area contributed by atoms with Crippen LogP contribution in [0.1, 0.15) is 6.92 Å². The molecule has 0 bridgehead atoms. The lowest BCUT2D eigenvalue weighted by Gasteiger charge is -2.12. The van der Waals surface area contributed by atoms with E-state index in [9.17, 15) is 10.1 Å². The number of hydrogen-bond acceptors (Lipinski definition) is 4. The highest BCUT2D eigenvalue weighted by Gasteiger charge is 2.16. The Hall–Kier alpha value is -2.31. The number of imidazole rings is 1. The Labute approximate surface area is 148 Å². The highest BCUT2D eigenvalue weighted by atomic mass is 35.5. The van der Waals surface area contributed by atoms with Gasteiger partial charge in [-0.2, -0.15) is 0 Å². The number of nitrogens with zero attached hydrogens (tertiary/aromatic N) is 3. The van der Waals surface area contributed by atoms with Gasteiger partial charge in [0, 0.05) is 28.4 Å². The number of hydrogen-bond donors (Lipinski definition) is 0. The van der Waals surface area contributed by atoms with E-state index in [2.05, 4.69) is 11.9 Å². The van der Waals surface area contributed by atoms with Gasteiger partial charge in [0.25, 0.3) is 5.69 Å². The van der Waals surface area contributed by atoms with E-state index in [-0.39, 0.29) is 5.69 Å². The SMILES string of the molecule is CCSc1ncc(-c2cccc([N+](=O)[O-])c2)n1-c1ccc(Cl)cc1. The molecular weight excluding hydrogens is 346 g/mol. The monoisotopic (exact) mass is 359 g/mol. The van der Waals surface area contributed by atoms with Crippen LogP contribution in [0, 0.1) is 10.1 Å². The fraction of sp³-hybridized carbons (Fsp3) is 0.118. The molecule has 1 heterocycles. The second-order valence-electron chi connectivity index (χ2n) is 4.98. The summed E-state index contributed by atoms with van der Waals surface area (Å²) in [6.45, 7) is 2.05. The van der Waals surface area contributed by atoms with Crippen molar-refractivity contribution < 1.29 is 4.92 Å². The van der Waals surface area contributed by atoms with E-state index in [1.807, 2.05) is 34.9 Å². The zero-order chi connectivity index (χ0) is 17.1. The fourth-order valence-corrected chi connectivity index (χ4v) is 3.23. The molecule has 0 aliphatic rings. The van der Waals surface area contributed by atoms with Crippen LogP contribution in [0.15, 0.2) is 59.9 Å². The highest BCUT2D eigenvalue weighted by Crippen LogP contribution is 2.31. The number of nitro benzene ring substituents is 1. The van der Waals surface area contributed by atoms with Crippen LogP contribution in [-0.2, 0) is 0 Å². The van der Waals surface area contributed by atoms with Crippen LogP contribution in [0.3, 0.4) is 0 Å². The topological polar surface area (TPSA) is 61.0 Å². The smallest absolute Gasteiger partial charge is 0.270 e. The summed E-state index contributed by atoms with van der Waals surface area (Å²) in [7, 11) is 0. The maximum atomic E-state index is 11.0. The Bertz CT molecular complexity index is 878. The summed E-state index contributed by atoms with van der Waals surface area (Å²) in [5.41, 5.74) is 2.52. The quantitative estimate of drug-likeness (QED) is 0.356. The van der Waals surface area contributed by atoms with Gasteiger partial charge in [0.2, 0.25) is 0 Å². The van der Waals surface area contributed by atoms with Gasteiger partial charge in [-0.15, -0.1) is 0 Å². The second-order valence-corrected chi connectivity index (χ2v) is 6.65. The van der Waals surface area contributed by atoms with E-state index in [1.165, 1.54) is 6.07 Å². The van der Waals surface area contributed by atoms with E-state index in [4.69, 9.17) is 11.6 Å². The van der Waals surface area contributed by atoms with Crippen molar-refractivity contribution in [2.24, 2.45) is 0 Å². The van der Waals surface area contributed by atoms with Crippen LogP contribution in [0.2, 0.25) is 5.02 Å². The molecule has 2 aromatic carbocycles. The predicted octanol–water partition coefficient (Wildman–Crippen LogP) is 5.21. The summed E-state index contributed by atoms with van der Waals surface area (Å²) in [6, 6.07) is 14.0. The summed E-state index contributed by atoms with van der Waals surface area (Å²) >= 11 is 7.59. The molecule has 3 aromatic rings. The number of halogens is 1. The number of rotatable bonds is 5. The van der Waals surface area contributed by atoms with E-state index in [1.54, 1.807) is 30.1 Å². The van der Waals surface area contributed by atoms with Crippen molar-refractivity contribution in [2.45, 2.75) is 12.1 Å². The van der Waals surface area contributed by atoms with Crippen molar-refractivity contribution in [3.8, 4) is 16.9 Å². The average Bonchev–Trinajstić information content (AvgIpc) is 3.00. The first kappa shape index (κ1) is 16.5. The van der Waals surface area contributed by atoms with Crippen LogP contribution >= 0.6 is 23.4 Å². The third-order valence-corrected chi connectivity index (χ3v) is 4.53. The van der Waals surface area contributed by atoms with E-state index in [0.717, 1.165) is 27.9 Å². The Kier molecular flexibility index (Phi) is 4.87. The minimum atomic E-state index is -0.395. The molecule has 0 N–H and O–H groups in total.